The molecular weight excluding hydrogens is 444 g/mol. The smallest absolute Gasteiger partial charge is 0.0662 e. The lowest BCUT2D eigenvalue weighted by Gasteiger charge is -2.22. The molecule has 5 rings (SSSR count). The van der Waals surface area contributed by atoms with Crippen molar-refractivity contribution in [2.75, 3.05) is 18.0 Å². The molecule has 4 aromatic carbocycles. The number of rotatable bonds is 7. The van der Waals surface area contributed by atoms with Crippen LogP contribution in [0.15, 0.2) is 114 Å². The molecule has 35 heavy (non-hydrogen) atoms. The molecule has 174 valence electrons. The van der Waals surface area contributed by atoms with E-state index < -0.39 is 0 Å². The van der Waals surface area contributed by atoms with Gasteiger partial charge in [0, 0.05) is 18.8 Å². The van der Waals surface area contributed by atoms with E-state index in [-0.39, 0.29) is 0 Å². The van der Waals surface area contributed by atoms with Gasteiger partial charge in [-0.1, -0.05) is 96.7 Å². The zero-order valence-corrected chi connectivity index (χ0v) is 20.9. The Kier molecular flexibility index (Phi) is 7.45. The highest BCUT2D eigenvalue weighted by Crippen LogP contribution is 2.42. The Balaban J connectivity index is 1.73. The molecule has 0 radical (unpaired) electrons. The molecule has 0 aliphatic carbocycles. The van der Waals surface area contributed by atoms with E-state index in [1.165, 1.54) is 51.9 Å². The van der Waals surface area contributed by atoms with Gasteiger partial charge in [0.1, 0.15) is 0 Å². The van der Waals surface area contributed by atoms with Gasteiger partial charge in [-0.3, -0.25) is 0 Å². The first kappa shape index (κ1) is 23.2. The van der Waals surface area contributed by atoms with Crippen molar-refractivity contribution in [2.45, 2.75) is 19.8 Å². The van der Waals surface area contributed by atoms with E-state index in [0.717, 1.165) is 18.8 Å². The minimum atomic E-state index is 0.989. The van der Waals surface area contributed by atoms with Crippen molar-refractivity contribution in [3.05, 3.63) is 109 Å². The molecule has 0 spiro atoms. The Morgan fingerprint density at radius 1 is 0.714 bits per heavy atom. The van der Waals surface area contributed by atoms with Crippen molar-refractivity contribution in [1.82, 2.24) is 0 Å². The summed E-state index contributed by atoms with van der Waals surface area (Å²) in [4.78, 5) is 7.32. The fourth-order valence-electron chi connectivity index (χ4n) is 4.76. The lowest BCUT2D eigenvalue weighted by molar-refractivity contribution is 0.949. The topological polar surface area (TPSA) is 15.6 Å². The van der Waals surface area contributed by atoms with Crippen LogP contribution in [0.3, 0.4) is 0 Å². The van der Waals surface area contributed by atoms with Crippen LogP contribution in [-0.4, -0.2) is 18.6 Å². The van der Waals surface area contributed by atoms with Crippen LogP contribution in [0.2, 0.25) is 0 Å². The normalized spacial score (nSPS) is 13.8. The Morgan fingerprint density at radius 3 is 1.94 bits per heavy atom. The molecule has 1 aliphatic rings. The lowest BCUT2D eigenvalue weighted by atomic mass is 9.87. The molecule has 0 saturated carbocycles. The highest BCUT2D eigenvalue weighted by atomic mass is 32.2. The summed E-state index contributed by atoms with van der Waals surface area (Å²) in [5.74, 6) is 0. The maximum Gasteiger partial charge on any atom is 0.0662 e. The third-order valence-corrected chi connectivity index (χ3v) is 7.03. The number of benzene rings is 4. The molecule has 2 nitrogen and oxygen atoms in total. The van der Waals surface area contributed by atoms with Crippen LogP contribution in [0.5, 0.6) is 0 Å². The molecule has 0 unspecified atom stereocenters. The van der Waals surface area contributed by atoms with Crippen molar-refractivity contribution in [2.24, 2.45) is 4.99 Å². The van der Waals surface area contributed by atoms with Crippen molar-refractivity contribution in [3.63, 3.8) is 0 Å². The van der Waals surface area contributed by atoms with Gasteiger partial charge in [0.15, 0.2) is 0 Å². The summed E-state index contributed by atoms with van der Waals surface area (Å²) in [6.07, 6.45) is 4.52. The summed E-state index contributed by atoms with van der Waals surface area (Å²) in [5.41, 5.74) is 11.6. The number of thioether (sulfide) groups is 1. The van der Waals surface area contributed by atoms with Crippen LogP contribution >= 0.6 is 11.8 Å². The summed E-state index contributed by atoms with van der Waals surface area (Å²) < 4.78 is 0. The summed E-state index contributed by atoms with van der Waals surface area (Å²) in [7, 11) is 0. The van der Waals surface area contributed by atoms with Crippen molar-refractivity contribution in [1.29, 1.82) is 0 Å². The first-order chi connectivity index (χ1) is 17.3. The SMILES string of the molecule is C/C=C\S/C=N/c1cc(-c2c(-c3ccccc3)cccc2-c2ccccc2)cc(N2CCCC2)c1. The molecule has 0 N–H and O–H groups in total. The van der Waals surface area contributed by atoms with Crippen LogP contribution < -0.4 is 4.90 Å². The molecule has 3 heteroatoms. The van der Waals surface area contributed by atoms with Gasteiger partial charge in [-0.25, -0.2) is 4.99 Å². The zero-order chi connectivity index (χ0) is 23.9. The molecule has 0 atom stereocenters. The Bertz CT molecular complexity index is 1260. The van der Waals surface area contributed by atoms with Crippen LogP contribution in [0.4, 0.5) is 11.4 Å². The molecular formula is C32H30N2S. The molecule has 1 heterocycles. The number of hydrogen-bond acceptors (Lipinski definition) is 3. The third-order valence-electron chi connectivity index (χ3n) is 6.37. The summed E-state index contributed by atoms with van der Waals surface area (Å²) in [5, 5.41) is 2.05. The first-order valence-corrected chi connectivity index (χ1v) is 13.2. The van der Waals surface area contributed by atoms with Gasteiger partial charge in [-0.2, -0.15) is 0 Å². The highest BCUT2D eigenvalue weighted by Gasteiger charge is 2.18. The summed E-state index contributed by atoms with van der Waals surface area (Å²) >= 11 is 1.60. The van der Waals surface area contributed by atoms with Crippen LogP contribution in [-0.2, 0) is 0 Å². The highest BCUT2D eigenvalue weighted by molar-refractivity contribution is 8.14. The lowest BCUT2D eigenvalue weighted by Crippen LogP contribution is -2.17. The van der Waals surface area contributed by atoms with Crippen LogP contribution in [0.25, 0.3) is 33.4 Å². The second-order valence-electron chi connectivity index (χ2n) is 8.73. The number of aliphatic imine (C=N–C) groups is 1. The van der Waals surface area contributed by atoms with Gasteiger partial charge in [0.25, 0.3) is 0 Å². The van der Waals surface area contributed by atoms with E-state index >= 15 is 0 Å². The van der Waals surface area contributed by atoms with E-state index in [1.807, 2.05) is 24.0 Å². The van der Waals surface area contributed by atoms with Crippen molar-refractivity contribution in [3.8, 4) is 33.4 Å². The maximum atomic E-state index is 4.83. The Labute approximate surface area is 213 Å². The fourth-order valence-corrected chi connectivity index (χ4v) is 5.17. The predicted molar refractivity (Wildman–Crippen MR) is 155 cm³/mol. The number of anilines is 1. The number of hydrogen-bond donors (Lipinski definition) is 0. The van der Waals surface area contributed by atoms with Gasteiger partial charge in [0.05, 0.1) is 11.2 Å². The van der Waals surface area contributed by atoms with Gasteiger partial charge in [0.2, 0.25) is 0 Å². The molecule has 4 aromatic rings. The molecule has 0 aromatic heterocycles. The van der Waals surface area contributed by atoms with E-state index in [1.54, 1.807) is 11.8 Å². The fraction of sp³-hybridized carbons (Fsp3) is 0.156. The number of allylic oxidation sites excluding steroid dienone is 1. The van der Waals surface area contributed by atoms with E-state index in [0.29, 0.717) is 0 Å². The second-order valence-corrected chi connectivity index (χ2v) is 9.49. The standard InChI is InChI=1S/C32H30N2S/c1-2-20-35-24-33-28-21-27(22-29(23-28)34-18-9-10-19-34)32-30(25-12-5-3-6-13-25)16-11-17-31(32)26-14-7-4-8-15-26/h2-8,11-17,20-24H,9-10,18-19H2,1H3/b20-2-,33-24+. The van der Waals surface area contributed by atoms with Gasteiger partial charge in [-0.05, 0) is 76.8 Å². The first-order valence-electron chi connectivity index (χ1n) is 12.3. The van der Waals surface area contributed by atoms with Crippen LogP contribution in [0, 0.1) is 0 Å². The molecule has 1 aliphatic heterocycles. The summed E-state index contributed by atoms with van der Waals surface area (Å²) in [6, 6.07) is 34.9. The molecule has 0 bridgehead atoms. The van der Waals surface area contributed by atoms with E-state index in [4.69, 9.17) is 4.99 Å². The monoisotopic (exact) mass is 474 g/mol. The predicted octanol–water partition coefficient (Wildman–Crippen LogP) is 9.21. The van der Waals surface area contributed by atoms with Gasteiger partial charge >= 0.3 is 0 Å². The zero-order valence-electron chi connectivity index (χ0n) is 20.1. The minimum absolute atomic E-state index is 0.989. The second kappa shape index (κ2) is 11.2. The molecule has 0 amide bonds. The summed E-state index contributed by atoms with van der Waals surface area (Å²) in [6.45, 7) is 4.23. The Morgan fingerprint density at radius 2 is 1.34 bits per heavy atom. The quantitative estimate of drug-likeness (QED) is 0.196. The molecule has 1 fully saturated rings. The van der Waals surface area contributed by atoms with Crippen molar-refractivity contribution < 1.29 is 0 Å². The van der Waals surface area contributed by atoms with E-state index in [9.17, 15) is 0 Å². The largest absolute Gasteiger partial charge is 0.371 e. The van der Waals surface area contributed by atoms with Crippen LogP contribution in [0.1, 0.15) is 19.8 Å². The maximum absolute atomic E-state index is 4.83. The average molecular weight is 475 g/mol. The van der Waals surface area contributed by atoms with Crippen molar-refractivity contribution >= 4 is 28.7 Å². The minimum Gasteiger partial charge on any atom is -0.371 e. The third kappa shape index (κ3) is 5.41. The Hall–Kier alpha value is -3.56. The average Bonchev–Trinajstić information content (AvgIpc) is 3.47. The molecule has 1 saturated heterocycles. The van der Waals surface area contributed by atoms with Gasteiger partial charge < -0.3 is 4.90 Å². The van der Waals surface area contributed by atoms with E-state index in [2.05, 4.69) is 102 Å². The number of nitrogens with zero attached hydrogens (tertiary/aromatic N) is 2. The van der Waals surface area contributed by atoms with Gasteiger partial charge in [-0.15, -0.1) is 0 Å².